The average Bonchev–Trinajstić information content (AvgIpc) is 1.41. The summed E-state index contributed by atoms with van der Waals surface area (Å²) in [7, 11) is 9.97. The zero-order valence-electron chi connectivity index (χ0n) is 58.2. The van der Waals surface area contributed by atoms with Crippen LogP contribution in [0.5, 0.6) is 0 Å². The fourth-order valence-corrected chi connectivity index (χ4v) is 11.1. The minimum Gasteiger partial charge on any atom is -0.390 e. The first-order valence-electron chi connectivity index (χ1n) is 32.1. The van der Waals surface area contributed by atoms with Crippen LogP contribution in [-0.2, 0) is 52.7 Å². The minimum atomic E-state index is -1.61. The second kappa shape index (κ2) is 37.1. The van der Waals surface area contributed by atoms with Gasteiger partial charge < -0.3 is 60.7 Å². The summed E-state index contributed by atoms with van der Waals surface area (Å²) in [6, 6.07) is -12.3. The van der Waals surface area contributed by atoms with Gasteiger partial charge in [-0.15, -0.1) is 0 Å². The van der Waals surface area contributed by atoms with E-state index in [-0.39, 0.29) is 55.8 Å². The van der Waals surface area contributed by atoms with E-state index < -0.39 is 156 Å². The summed E-state index contributed by atoms with van der Waals surface area (Å²) in [6.45, 7) is 29.7. The Morgan fingerprint density at radius 3 is 1.35 bits per heavy atom. The van der Waals surface area contributed by atoms with Gasteiger partial charge >= 0.3 is 0 Å². The van der Waals surface area contributed by atoms with Gasteiger partial charge in [0, 0.05) is 49.3 Å². The highest BCUT2D eigenvalue weighted by Gasteiger charge is 2.45. The summed E-state index contributed by atoms with van der Waals surface area (Å²) in [5.74, 6) is -9.68. The molecule has 1 aliphatic heterocycles. The van der Waals surface area contributed by atoms with Crippen molar-refractivity contribution in [2.75, 3.05) is 55.9 Å². The first-order chi connectivity index (χ1) is 40.7. The molecule has 0 saturated carbocycles. The molecule has 1 rings (SSSR count). The maximum atomic E-state index is 15.2. The Kier molecular flexibility index (Phi) is 33.7. The van der Waals surface area contributed by atoms with Gasteiger partial charge in [-0.2, -0.15) is 0 Å². The third kappa shape index (κ3) is 23.0. The number of likely N-dealkylation sites (N-methyl/N-ethyl adjacent to an activating group) is 7. The molecule has 0 radical (unpaired) electrons. The highest BCUT2D eigenvalue weighted by Crippen LogP contribution is 2.26. The van der Waals surface area contributed by atoms with Crippen molar-refractivity contribution < 1.29 is 57.8 Å². The molecule has 3 unspecified atom stereocenters. The van der Waals surface area contributed by atoms with E-state index in [0.717, 1.165) is 29.1 Å². The predicted octanol–water partition coefficient (Wildman–Crippen LogP) is 4.44. The van der Waals surface area contributed by atoms with Gasteiger partial charge in [0.1, 0.15) is 60.4 Å². The molecule has 0 bridgehead atoms. The van der Waals surface area contributed by atoms with Crippen molar-refractivity contribution in [3.8, 4) is 0 Å². The molecule has 11 amide bonds. The van der Waals surface area contributed by atoms with Gasteiger partial charge in [0.05, 0.1) is 12.6 Å². The number of carbonyl (C=O) groups is 11. The lowest BCUT2D eigenvalue weighted by molar-refractivity contribution is -0.157. The number of amides is 11. The van der Waals surface area contributed by atoms with Crippen LogP contribution in [0.25, 0.3) is 0 Å². The summed E-state index contributed by atoms with van der Waals surface area (Å²) in [4.78, 5) is 169. The largest absolute Gasteiger partial charge is 0.390 e. The van der Waals surface area contributed by atoms with E-state index in [1.54, 1.807) is 41.5 Å². The maximum absolute atomic E-state index is 15.2. The van der Waals surface area contributed by atoms with E-state index in [2.05, 4.69) is 28.2 Å². The number of nitrogens with one attached hydrogen (secondary N) is 4. The molecule has 0 aliphatic carbocycles. The number of aliphatic hydroxyl groups excluding tert-OH is 1. The van der Waals surface area contributed by atoms with Crippen LogP contribution in [0.15, 0.2) is 12.2 Å². The molecule has 0 spiro atoms. The van der Waals surface area contributed by atoms with Gasteiger partial charge in [0.15, 0.2) is 0 Å². The van der Waals surface area contributed by atoms with E-state index in [9.17, 15) is 43.5 Å². The van der Waals surface area contributed by atoms with Crippen molar-refractivity contribution in [2.24, 2.45) is 41.4 Å². The normalized spacial score (nSPS) is 26.4. The van der Waals surface area contributed by atoms with Gasteiger partial charge in [0.2, 0.25) is 65.0 Å². The van der Waals surface area contributed by atoms with Crippen LogP contribution in [0.3, 0.4) is 0 Å². The molecule has 0 aromatic carbocycles. The monoisotopic (exact) mass is 1240 g/mol. The molecule has 1 heterocycles. The first kappa shape index (κ1) is 79.9. The SMILES string of the molecule is CCCC/C=C/CC(C)C(O)C1C(=O)N[C@@H](CC)C(=O)N(C)CC(=O)N(C)[C@@H](CC(C)C)C(=O)N[C@@H](C(C)C)C(=O)N(C)[C@@H](CC(C)C)C(=O)N[C@@H](C)C(=O)N[C@H](C)C(=O)N(C)[C@@H](CC(C)C)C(=O)N(C)[C@@H](CC(C)C)C(=O)N(C)[C@@H](C(C)C)C(=O)N1C. The molecule has 12 atom stereocenters. The molecular formula is C65H117N11O12. The molecule has 504 valence electrons. The zero-order valence-corrected chi connectivity index (χ0v) is 58.2. The van der Waals surface area contributed by atoms with Crippen molar-refractivity contribution in [3.05, 3.63) is 12.2 Å². The molecule has 1 aliphatic rings. The topological polar surface area (TPSA) is 279 Å². The molecule has 88 heavy (non-hydrogen) atoms. The van der Waals surface area contributed by atoms with E-state index in [4.69, 9.17) is 0 Å². The summed E-state index contributed by atoms with van der Waals surface area (Å²) in [6.07, 6.45) is 6.12. The molecule has 1 saturated heterocycles. The maximum Gasteiger partial charge on any atom is 0.246 e. The summed E-state index contributed by atoms with van der Waals surface area (Å²) in [5, 5.41) is 23.3. The number of hydrogen-bond donors (Lipinski definition) is 5. The summed E-state index contributed by atoms with van der Waals surface area (Å²) < 4.78 is 0. The Morgan fingerprint density at radius 1 is 0.455 bits per heavy atom. The van der Waals surface area contributed by atoms with Crippen LogP contribution >= 0.6 is 0 Å². The highest BCUT2D eigenvalue weighted by molar-refractivity contribution is 5.99. The van der Waals surface area contributed by atoms with Crippen molar-refractivity contribution >= 4 is 65.0 Å². The third-order valence-corrected chi connectivity index (χ3v) is 16.7. The zero-order chi connectivity index (χ0) is 68.1. The van der Waals surface area contributed by atoms with E-state index in [0.29, 0.717) is 6.42 Å². The number of aliphatic hydroxyl groups is 1. The van der Waals surface area contributed by atoms with E-state index in [1.807, 2.05) is 67.5 Å². The molecule has 23 heteroatoms. The number of unbranched alkanes of at least 4 members (excludes halogenated alkanes) is 2. The lowest BCUT2D eigenvalue weighted by Crippen LogP contribution is -2.63. The van der Waals surface area contributed by atoms with Crippen LogP contribution in [0.1, 0.15) is 175 Å². The standard InChI is InChI=1S/C65H117N11O12/c1-25-27-28-29-30-31-43(15)55(78)54-59(82)68-46(26-2)61(84)70(18)36-51(77)71(19)47(32-37(3)4)58(81)69-52(41(11)12)64(87)72(20)48(33-38(5)6)57(80)66-44(16)56(79)67-45(17)60(83)73(21)49(34-39(7)8)62(85)74(22)50(35-40(9)10)63(86)75(23)53(42(13)14)65(88)76(54)24/h29-30,37-50,52-55,78H,25-28,31-36H2,1-24H3,(H,66,80)(H,67,79)(H,68,82)(H,69,81)/b30-29+/t43?,44-,45+,46-,47-,48-,49-,50-,52-,53-,54?,55?/m0/s1. The molecule has 0 aromatic rings. The quantitative estimate of drug-likeness (QED) is 0.0942. The van der Waals surface area contributed by atoms with Gasteiger partial charge in [-0.05, 0) is 100 Å². The lowest BCUT2D eigenvalue weighted by atomic mass is 9.91. The fourth-order valence-electron chi connectivity index (χ4n) is 11.1. The lowest BCUT2D eigenvalue weighted by Gasteiger charge is -2.41. The second-order valence-corrected chi connectivity index (χ2v) is 27.1. The molecule has 0 aromatic heterocycles. The van der Waals surface area contributed by atoms with Gasteiger partial charge in [-0.3, -0.25) is 52.7 Å². The van der Waals surface area contributed by atoms with Gasteiger partial charge in [0.25, 0.3) is 0 Å². The number of allylic oxidation sites excluding steroid dienone is 2. The van der Waals surface area contributed by atoms with Gasteiger partial charge in [-0.25, -0.2) is 0 Å². The third-order valence-electron chi connectivity index (χ3n) is 16.7. The van der Waals surface area contributed by atoms with E-state index >= 15 is 14.4 Å². The number of nitrogens with zero attached hydrogens (tertiary/aromatic N) is 7. The number of rotatable bonds is 18. The van der Waals surface area contributed by atoms with Crippen LogP contribution in [0.4, 0.5) is 0 Å². The van der Waals surface area contributed by atoms with Crippen molar-refractivity contribution in [2.45, 2.75) is 242 Å². The molecule has 5 N–H and O–H groups in total. The van der Waals surface area contributed by atoms with Crippen LogP contribution in [-0.4, -0.2) is 227 Å². The Hall–Kier alpha value is -6.13. The van der Waals surface area contributed by atoms with Crippen LogP contribution in [0.2, 0.25) is 0 Å². The Labute approximate surface area is 527 Å². The smallest absolute Gasteiger partial charge is 0.246 e. The summed E-state index contributed by atoms with van der Waals surface area (Å²) in [5.41, 5.74) is 0. The molecule has 1 fully saturated rings. The molecule has 23 nitrogen and oxygen atoms in total. The Bertz CT molecular complexity index is 2380. The minimum absolute atomic E-state index is 0.0245. The number of carbonyl (C=O) groups excluding carboxylic acids is 11. The highest BCUT2D eigenvalue weighted by atomic mass is 16.3. The van der Waals surface area contributed by atoms with Crippen molar-refractivity contribution in [1.29, 1.82) is 0 Å². The van der Waals surface area contributed by atoms with Crippen molar-refractivity contribution in [1.82, 2.24) is 55.6 Å². The average molecular weight is 1240 g/mol. The van der Waals surface area contributed by atoms with Crippen LogP contribution < -0.4 is 21.3 Å². The fraction of sp³-hybridized carbons (Fsp3) is 0.800. The predicted molar refractivity (Wildman–Crippen MR) is 342 cm³/mol. The van der Waals surface area contributed by atoms with E-state index in [1.165, 1.54) is 87.7 Å². The van der Waals surface area contributed by atoms with Crippen LogP contribution in [0, 0.1) is 41.4 Å². The Balaban J connectivity index is 4.34. The van der Waals surface area contributed by atoms with Gasteiger partial charge in [-0.1, -0.05) is 129 Å². The van der Waals surface area contributed by atoms with Crippen molar-refractivity contribution in [3.63, 3.8) is 0 Å². The summed E-state index contributed by atoms with van der Waals surface area (Å²) >= 11 is 0. The molecular weight excluding hydrogens is 1130 g/mol. The first-order valence-corrected chi connectivity index (χ1v) is 32.1. The number of hydrogen-bond acceptors (Lipinski definition) is 12. The second-order valence-electron chi connectivity index (χ2n) is 27.1. The Morgan fingerprint density at radius 2 is 0.886 bits per heavy atom.